The van der Waals surface area contributed by atoms with Crippen LogP contribution in [0.15, 0.2) is 16.6 Å². The Hall–Kier alpha value is -1.00. The monoisotopic (exact) mass is 510 g/mol. The van der Waals surface area contributed by atoms with E-state index in [2.05, 4.69) is 15.9 Å². The van der Waals surface area contributed by atoms with Crippen LogP contribution in [-0.2, 0) is 16.2 Å². The van der Waals surface area contributed by atoms with Gasteiger partial charge in [-0.1, -0.05) is 0 Å². The first-order valence-corrected chi connectivity index (χ1v) is 12.3. The molecule has 0 N–H and O–H groups in total. The molecule has 3 aliphatic rings. The van der Waals surface area contributed by atoms with Crippen LogP contribution in [-0.4, -0.2) is 48.7 Å². The minimum Gasteiger partial charge on any atom is -0.490 e. The SMILES string of the molecule is CC(C)(C)S(=O)(=O)N1CC(N2CCOc3cc(C(F)(F)F)cc(Br)c32)CC12CCC2. The molecule has 0 amide bonds. The molecule has 2 aliphatic heterocycles. The maximum absolute atomic E-state index is 13.3. The number of hydrogen-bond acceptors (Lipinski definition) is 4. The third-order valence-corrected chi connectivity index (χ3v) is 9.81. The predicted octanol–water partition coefficient (Wildman–Crippen LogP) is 4.79. The van der Waals surface area contributed by atoms with Gasteiger partial charge in [0, 0.05) is 22.6 Å². The Bertz CT molecular complexity index is 955. The number of halogens is 4. The van der Waals surface area contributed by atoms with Gasteiger partial charge in [-0.05, 0) is 74.5 Å². The van der Waals surface area contributed by atoms with Gasteiger partial charge in [0.2, 0.25) is 10.0 Å². The van der Waals surface area contributed by atoms with Crippen molar-refractivity contribution in [1.29, 1.82) is 0 Å². The maximum atomic E-state index is 13.3. The molecule has 0 radical (unpaired) electrons. The predicted molar refractivity (Wildman–Crippen MR) is 112 cm³/mol. The standard InChI is InChI=1S/C20H26BrF3N2O3S/c1-18(2,3)30(27,28)26-12-14(11-19(26)5-4-6-19)25-7-8-29-16-10-13(20(22,23)24)9-15(21)17(16)25/h9-10,14H,4-8,11-12H2,1-3H3. The van der Waals surface area contributed by atoms with Crippen molar-refractivity contribution in [1.82, 2.24) is 4.31 Å². The van der Waals surface area contributed by atoms with Crippen LogP contribution < -0.4 is 9.64 Å². The molecule has 1 spiro atoms. The Morgan fingerprint density at radius 3 is 2.40 bits per heavy atom. The van der Waals surface area contributed by atoms with Crippen molar-refractivity contribution in [2.75, 3.05) is 24.6 Å². The molecule has 1 aromatic carbocycles. The summed E-state index contributed by atoms with van der Waals surface area (Å²) in [7, 11) is -3.51. The minimum absolute atomic E-state index is 0.113. The number of alkyl halides is 3. The lowest BCUT2D eigenvalue weighted by atomic mass is 9.75. The summed E-state index contributed by atoms with van der Waals surface area (Å²) in [5.41, 5.74) is -0.578. The number of ether oxygens (including phenoxy) is 1. The topological polar surface area (TPSA) is 49.9 Å². The summed E-state index contributed by atoms with van der Waals surface area (Å²) in [6.45, 7) is 6.23. The summed E-state index contributed by atoms with van der Waals surface area (Å²) in [5.74, 6) is 0.183. The Balaban J connectivity index is 1.70. The average molecular weight is 511 g/mol. The van der Waals surface area contributed by atoms with Crippen molar-refractivity contribution < 1.29 is 26.3 Å². The Kier molecular flexibility index (Phi) is 5.18. The normalized spacial score (nSPS) is 24.5. The van der Waals surface area contributed by atoms with Crippen LogP contribution in [0.2, 0.25) is 0 Å². The number of rotatable bonds is 2. The molecular formula is C20H26BrF3N2O3S. The fourth-order valence-electron chi connectivity index (χ4n) is 4.78. The highest BCUT2D eigenvalue weighted by atomic mass is 79.9. The van der Waals surface area contributed by atoms with Crippen LogP contribution >= 0.6 is 15.9 Å². The molecule has 1 aliphatic carbocycles. The van der Waals surface area contributed by atoms with Crippen molar-refractivity contribution in [2.45, 2.75) is 69.0 Å². The first-order valence-electron chi connectivity index (χ1n) is 10.1. The van der Waals surface area contributed by atoms with Gasteiger partial charge in [0.1, 0.15) is 12.4 Å². The Labute approximate surface area is 183 Å². The molecule has 1 saturated carbocycles. The van der Waals surface area contributed by atoms with Gasteiger partial charge in [0.15, 0.2) is 0 Å². The van der Waals surface area contributed by atoms with Crippen LogP contribution in [0, 0.1) is 0 Å². The quantitative estimate of drug-likeness (QED) is 0.573. The number of hydrogen-bond donors (Lipinski definition) is 0. The molecule has 4 rings (SSSR count). The van der Waals surface area contributed by atoms with E-state index in [0.717, 1.165) is 31.4 Å². The van der Waals surface area contributed by atoms with E-state index >= 15 is 0 Å². The highest BCUT2D eigenvalue weighted by molar-refractivity contribution is 9.10. The molecular weight excluding hydrogens is 485 g/mol. The zero-order valence-electron chi connectivity index (χ0n) is 17.2. The minimum atomic E-state index is -4.47. The molecule has 168 valence electrons. The number of nitrogens with zero attached hydrogens (tertiary/aromatic N) is 2. The van der Waals surface area contributed by atoms with Gasteiger partial charge >= 0.3 is 6.18 Å². The van der Waals surface area contributed by atoms with E-state index in [1.165, 1.54) is 0 Å². The van der Waals surface area contributed by atoms with E-state index in [-0.39, 0.29) is 23.9 Å². The largest absolute Gasteiger partial charge is 0.490 e. The van der Waals surface area contributed by atoms with E-state index in [1.54, 1.807) is 25.1 Å². The molecule has 1 aromatic rings. The lowest BCUT2D eigenvalue weighted by molar-refractivity contribution is -0.137. The maximum Gasteiger partial charge on any atom is 0.416 e. The van der Waals surface area contributed by atoms with Gasteiger partial charge in [-0.15, -0.1) is 0 Å². The van der Waals surface area contributed by atoms with Crippen LogP contribution in [0.25, 0.3) is 0 Å². The van der Waals surface area contributed by atoms with Crippen molar-refractivity contribution in [2.24, 2.45) is 0 Å². The van der Waals surface area contributed by atoms with Crippen LogP contribution in [0.4, 0.5) is 18.9 Å². The third-order valence-electron chi connectivity index (χ3n) is 6.54. The van der Waals surface area contributed by atoms with E-state index in [4.69, 9.17) is 4.74 Å². The molecule has 30 heavy (non-hydrogen) atoms. The molecule has 2 heterocycles. The van der Waals surface area contributed by atoms with Crippen LogP contribution in [0.3, 0.4) is 0 Å². The number of sulfonamides is 1. The van der Waals surface area contributed by atoms with Gasteiger partial charge in [-0.25, -0.2) is 8.42 Å². The van der Waals surface area contributed by atoms with Crippen LogP contribution in [0.5, 0.6) is 5.75 Å². The van der Waals surface area contributed by atoms with E-state index in [9.17, 15) is 21.6 Å². The third kappa shape index (κ3) is 3.43. The van der Waals surface area contributed by atoms with Gasteiger partial charge in [-0.2, -0.15) is 17.5 Å². The van der Waals surface area contributed by atoms with E-state index in [0.29, 0.717) is 29.7 Å². The molecule has 0 bridgehead atoms. The average Bonchev–Trinajstić information content (AvgIpc) is 3.01. The van der Waals surface area contributed by atoms with Gasteiger partial charge < -0.3 is 9.64 Å². The lowest BCUT2D eigenvalue weighted by Gasteiger charge is -2.46. The smallest absolute Gasteiger partial charge is 0.416 e. The summed E-state index contributed by atoms with van der Waals surface area (Å²) in [6.07, 6.45) is -1.16. The molecule has 1 saturated heterocycles. The number of benzene rings is 1. The molecule has 0 aromatic heterocycles. The zero-order valence-corrected chi connectivity index (χ0v) is 19.6. The summed E-state index contributed by atoms with van der Waals surface area (Å²) < 4.78 is 72.9. The van der Waals surface area contributed by atoms with E-state index in [1.807, 2.05) is 4.90 Å². The van der Waals surface area contributed by atoms with Crippen molar-refractivity contribution in [3.05, 3.63) is 22.2 Å². The van der Waals surface area contributed by atoms with Crippen molar-refractivity contribution in [3.63, 3.8) is 0 Å². The second-order valence-corrected chi connectivity index (χ2v) is 12.9. The zero-order chi connectivity index (χ0) is 22.1. The first kappa shape index (κ1) is 22.2. The first-order chi connectivity index (χ1) is 13.8. The summed E-state index contributed by atoms with van der Waals surface area (Å²) in [5, 5.41) is 0. The highest BCUT2D eigenvalue weighted by Gasteiger charge is 2.57. The summed E-state index contributed by atoms with van der Waals surface area (Å²) >= 11 is 3.31. The van der Waals surface area contributed by atoms with Gasteiger partial charge in [0.25, 0.3) is 0 Å². The highest BCUT2D eigenvalue weighted by Crippen LogP contribution is 2.52. The summed E-state index contributed by atoms with van der Waals surface area (Å²) in [4.78, 5) is 2.03. The van der Waals surface area contributed by atoms with Gasteiger partial charge in [-0.3, -0.25) is 0 Å². The second kappa shape index (κ2) is 7.00. The second-order valence-electron chi connectivity index (χ2n) is 9.43. The lowest BCUT2D eigenvalue weighted by Crippen LogP contribution is -2.56. The number of anilines is 1. The van der Waals surface area contributed by atoms with Gasteiger partial charge in [0.05, 0.1) is 22.5 Å². The number of fused-ring (bicyclic) bond motifs is 1. The Morgan fingerprint density at radius 2 is 1.87 bits per heavy atom. The molecule has 1 atom stereocenters. The van der Waals surface area contributed by atoms with Crippen molar-refractivity contribution >= 4 is 31.6 Å². The molecule has 2 fully saturated rings. The van der Waals surface area contributed by atoms with E-state index < -0.39 is 26.5 Å². The van der Waals surface area contributed by atoms with Crippen LogP contribution in [0.1, 0.15) is 52.0 Å². The van der Waals surface area contributed by atoms with Crippen molar-refractivity contribution in [3.8, 4) is 5.75 Å². The fraction of sp³-hybridized carbons (Fsp3) is 0.700. The molecule has 5 nitrogen and oxygen atoms in total. The molecule has 10 heteroatoms. The fourth-order valence-corrected chi connectivity index (χ4v) is 7.24. The Morgan fingerprint density at radius 1 is 1.20 bits per heavy atom. The summed E-state index contributed by atoms with van der Waals surface area (Å²) in [6, 6.07) is 1.99. The molecule has 1 unspecified atom stereocenters.